The van der Waals surface area contributed by atoms with Gasteiger partial charge in [0.2, 0.25) is 0 Å². The van der Waals surface area contributed by atoms with Crippen LogP contribution in [0.5, 0.6) is 5.75 Å². The second-order valence-electron chi connectivity index (χ2n) is 7.47. The molecule has 2 aromatic carbocycles. The molecule has 0 fully saturated rings. The molecule has 1 aromatic heterocycles. The summed E-state index contributed by atoms with van der Waals surface area (Å²) >= 11 is 0. The molecule has 0 aliphatic carbocycles. The average molecular weight is 404 g/mol. The van der Waals surface area contributed by atoms with Crippen molar-refractivity contribution in [2.24, 2.45) is 0 Å². The normalized spacial score (nSPS) is 13.6. The molecule has 6 heteroatoms. The van der Waals surface area contributed by atoms with Crippen LogP contribution in [-0.2, 0) is 16.0 Å². The van der Waals surface area contributed by atoms with Gasteiger partial charge in [-0.2, -0.15) is 0 Å². The first-order valence-corrected chi connectivity index (χ1v) is 9.96. The fraction of sp³-hybridized carbons (Fsp3) is 0.250. The summed E-state index contributed by atoms with van der Waals surface area (Å²) in [6, 6.07) is 15.0. The molecule has 0 spiro atoms. The zero-order valence-corrected chi connectivity index (χ0v) is 17.3. The van der Waals surface area contributed by atoms with Gasteiger partial charge in [-0.05, 0) is 44.0 Å². The minimum atomic E-state index is -0.461. The third-order valence-corrected chi connectivity index (χ3v) is 5.13. The van der Waals surface area contributed by atoms with E-state index < -0.39 is 5.97 Å². The lowest BCUT2D eigenvalue weighted by molar-refractivity contribution is -0.140. The Kier molecular flexibility index (Phi) is 5.31. The Balaban J connectivity index is 1.81. The molecule has 6 nitrogen and oxygen atoms in total. The van der Waals surface area contributed by atoms with Crippen molar-refractivity contribution in [2.75, 3.05) is 13.7 Å². The van der Waals surface area contributed by atoms with Crippen LogP contribution in [0.3, 0.4) is 0 Å². The van der Waals surface area contributed by atoms with Crippen molar-refractivity contribution < 1.29 is 19.1 Å². The number of carbonyl (C=O) groups is 2. The van der Waals surface area contributed by atoms with Crippen LogP contribution < -0.4 is 4.74 Å². The minimum Gasteiger partial charge on any atom is -0.496 e. The summed E-state index contributed by atoms with van der Waals surface area (Å²) < 4.78 is 10.8. The van der Waals surface area contributed by atoms with Gasteiger partial charge in [0.1, 0.15) is 5.75 Å². The lowest BCUT2D eigenvalue weighted by atomic mass is 10.0. The van der Waals surface area contributed by atoms with Gasteiger partial charge in [0.05, 0.1) is 30.0 Å². The van der Waals surface area contributed by atoms with E-state index >= 15 is 0 Å². The highest BCUT2D eigenvalue weighted by molar-refractivity contribution is 6.18. The van der Waals surface area contributed by atoms with Gasteiger partial charge in [-0.15, -0.1) is 0 Å². The third kappa shape index (κ3) is 3.56. The number of para-hydroxylation sites is 2. The molecule has 1 aliphatic heterocycles. The van der Waals surface area contributed by atoms with Crippen LogP contribution in [0.25, 0.3) is 16.5 Å². The van der Waals surface area contributed by atoms with Crippen LogP contribution in [0.2, 0.25) is 0 Å². The molecular weight excluding hydrogens is 380 g/mol. The molecule has 3 aromatic rings. The van der Waals surface area contributed by atoms with Crippen molar-refractivity contribution in [1.82, 2.24) is 9.88 Å². The number of hydrogen-bond acceptors (Lipinski definition) is 4. The summed E-state index contributed by atoms with van der Waals surface area (Å²) in [5, 5.41) is 1.04. The number of nitrogens with one attached hydrogen (secondary N) is 1. The SMILES string of the molecule is COc1ccccc1C(=O)N1C=C(C(=O)OC(C)C)c2[nH]c3ccccc3c2CC1. The quantitative estimate of drug-likeness (QED) is 0.663. The summed E-state index contributed by atoms with van der Waals surface area (Å²) in [4.78, 5) is 31.2. The highest BCUT2D eigenvalue weighted by atomic mass is 16.5. The van der Waals surface area contributed by atoms with E-state index in [-0.39, 0.29) is 12.0 Å². The predicted octanol–water partition coefficient (Wildman–Crippen LogP) is 4.17. The monoisotopic (exact) mass is 404 g/mol. The Morgan fingerprint density at radius 2 is 1.80 bits per heavy atom. The lowest BCUT2D eigenvalue weighted by Crippen LogP contribution is -2.28. The van der Waals surface area contributed by atoms with Crippen LogP contribution in [0, 0.1) is 0 Å². The van der Waals surface area contributed by atoms with Gasteiger partial charge in [-0.3, -0.25) is 4.79 Å². The predicted molar refractivity (Wildman–Crippen MR) is 115 cm³/mol. The zero-order chi connectivity index (χ0) is 21.3. The maximum atomic E-state index is 13.3. The molecule has 0 unspecified atom stereocenters. The third-order valence-electron chi connectivity index (χ3n) is 5.13. The number of hydrogen-bond donors (Lipinski definition) is 1. The van der Waals surface area contributed by atoms with E-state index in [4.69, 9.17) is 9.47 Å². The van der Waals surface area contributed by atoms with E-state index in [9.17, 15) is 9.59 Å². The molecule has 1 aliphatic rings. The topological polar surface area (TPSA) is 71.6 Å². The number of rotatable bonds is 4. The first-order valence-electron chi connectivity index (χ1n) is 9.96. The first kappa shape index (κ1) is 19.8. The lowest BCUT2D eigenvalue weighted by Gasteiger charge is -2.19. The molecule has 2 heterocycles. The standard InChI is InChI=1S/C24H24N2O4/c1-15(2)30-24(28)19-14-26(23(27)18-9-5-7-11-21(18)29-3)13-12-17-16-8-4-6-10-20(16)25-22(17)19/h4-11,14-15,25H,12-13H2,1-3H3. The van der Waals surface area contributed by atoms with Crippen LogP contribution in [0.4, 0.5) is 0 Å². The summed E-state index contributed by atoms with van der Waals surface area (Å²) in [5.74, 6) is -0.190. The number of methoxy groups -OCH3 is 1. The fourth-order valence-corrected chi connectivity index (χ4v) is 3.78. The fourth-order valence-electron chi connectivity index (χ4n) is 3.78. The molecule has 0 saturated carbocycles. The van der Waals surface area contributed by atoms with Crippen LogP contribution in [-0.4, -0.2) is 41.5 Å². The maximum Gasteiger partial charge on any atom is 0.342 e. The van der Waals surface area contributed by atoms with Gasteiger partial charge in [0, 0.05) is 23.6 Å². The Morgan fingerprint density at radius 3 is 2.57 bits per heavy atom. The van der Waals surface area contributed by atoms with Crippen molar-refractivity contribution in [2.45, 2.75) is 26.4 Å². The number of aromatic amines is 1. The van der Waals surface area contributed by atoms with E-state index in [1.165, 1.54) is 7.11 Å². The van der Waals surface area contributed by atoms with Crippen molar-refractivity contribution in [1.29, 1.82) is 0 Å². The highest BCUT2D eigenvalue weighted by Crippen LogP contribution is 2.32. The summed E-state index contributed by atoms with van der Waals surface area (Å²) in [6.07, 6.45) is 1.93. The largest absolute Gasteiger partial charge is 0.496 e. The second-order valence-corrected chi connectivity index (χ2v) is 7.47. The van der Waals surface area contributed by atoms with Crippen molar-refractivity contribution in [3.8, 4) is 5.75 Å². The number of benzene rings is 2. The first-order chi connectivity index (χ1) is 14.5. The Bertz CT molecular complexity index is 1140. The molecule has 0 bridgehead atoms. The molecule has 0 radical (unpaired) electrons. The van der Waals surface area contributed by atoms with E-state index in [2.05, 4.69) is 4.98 Å². The van der Waals surface area contributed by atoms with E-state index in [1.807, 2.05) is 30.3 Å². The van der Waals surface area contributed by atoms with Crippen LogP contribution in [0.15, 0.2) is 54.7 Å². The van der Waals surface area contributed by atoms with Gasteiger partial charge >= 0.3 is 5.97 Å². The number of esters is 1. The zero-order valence-electron chi connectivity index (χ0n) is 17.3. The number of carbonyl (C=O) groups excluding carboxylic acids is 2. The van der Waals surface area contributed by atoms with Crippen molar-refractivity contribution >= 4 is 28.4 Å². The van der Waals surface area contributed by atoms with E-state index in [1.54, 1.807) is 43.1 Å². The molecule has 0 atom stereocenters. The Labute approximate surface area is 175 Å². The summed E-state index contributed by atoms with van der Waals surface area (Å²) in [6.45, 7) is 4.04. The average Bonchev–Trinajstić information content (AvgIpc) is 3.00. The van der Waals surface area contributed by atoms with Gasteiger partial charge in [0.25, 0.3) is 5.91 Å². The number of ether oxygens (including phenoxy) is 2. The maximum absolute atomic E-state index is 13.3. The molecular formula is C24H24N2O4. The van der Waals surface area contributed by atoms with E-state index in [0.717, 1.165) is 16.5 Å². The van der Waals surface area contributed by atoms with Gasteiger partial charge in [-0.1, -0.05) is 30.3 Å². The molecule has 154 valence electrons. The van der Waals surface area contributed by atoms with Gasteiger partial charge in [-0.25, -0.2) is 4.79 Å². The van der Waals surface area contributed by atoms with Crippen LogP contribution >= 0.6 is 0 Å². The smallest absolute Gasteiger partial charge is 0.342 e. The van der Waals surface area contributed by atoms with Crippen molar-refractivity contribution in [3.05, 3.63) is 71.6 Å². The number of aromatic nitrogens is 1. The van der Waals surface area contributed by atoms with Gasteiger partial charge < -0.3 is 19.4 Å². The molecule has 0 saturated heterocycles. The Morgan fingerprint density at radius 1 is 1.07 bits per heavy atom. The van der Waals surface area contributed by atoms with Gasteiger partial charge in [0.15, 0.2) is 0 Å². The minimum absolute atomic E-state index is 0.225. The number of fused-ring (bicyclic) bond motifs is 3. The second kappa shape index (κ2) is 8.06. The number of nitrogens with zero attached hydrogens (tertiary/aromatic N) is 1. The Hall–Kier alpha value is -3.54. The number of H-pyrrole nitrogens is 1. The number of amides is 1. The highest BCUT2D eigenvalue weighted by Gasteiger charge is 2.28. The van der Waals surface area contributed by atoms with Crippen LogP contribution in [0.1, 0.15) is 35.5 Å². The molecule has 4 rings (SSSR count). The van der Waals surface area contributed by atoms with E-state index in [0.29, 0.717) is 35.5 Å². The van der Waals surface area contributed by atoms with Crippen molar-refractivity contribution in [3.63, 3.8) is 0 Å². The molecule has 30 heavy (non-hydrogen) atoms. The summed E-state index contributed by atoms with van der Waals surface area (Å²) in [7, 11) is 1.53. The molecule has 1 N–H and O–H groups in total. The molecule has 1 amide bonds. The summed E-state index contributed by atoms with van der Waals surface area (Å²) in [5.41, 5.74) is 3.46.